The highest BCUT2D eigenvalue weighted by Crippen LogP contribution is 2.25. The SMILES string of the molecule is N#C/C(=C/NCCc1ccccc1Cl)C(=O)Nc1ccc(Cl)c(Cl)c1. The van der Waals surface area contributed by atoms with Crippen LogP contribution in [-0.4, -0.2) is 12.5 Å². The second-order valence-electron chi connectivity index (χ2n) is 5.05. The quantitative estimate of drug-likeness (QED) is 0.419. The summed E-state index contributed by atoms with van der Waals surface area (Å²) in [5, 5.41) is 16.1. The first kappa shape index (κ1) is 19.1. The van der Waals surface area contributed by atoms with Gasteiger partial charge in [0.25, 0.3) is 5.91 Å². The van der Waals surface area contributed by atoms with E-state index in [2.05, 4.69) is 10.6 Å². The Morgan fingerprint density at radius 2 is 1.84 bits per heavy atom. The van der Waals surface area contributed by atoms with E-state index >= 15 is 0 Å². The van der Waals surface area contributed by atoms with E-state index in [9.17, 15) is 4.79 Å². The number of nitriles is 1. The summed E-state index contributed by atoms with van der Waals surface area (Å²) in [6.45, 7) is 0.537. The molecule has 25 heavy (non-hydrogen) atoms. The third-order valence-electron chi connectivity index (χ3n) is 3.29. The molecule has 128 valence electrons. The molecule has 2 aromatic rings. The Balaban J connectivity index is 1.92. The van der Waals surface area contributed by atoms with E-state index in [1.807, 2.05) is 30.3 Å². The van der Waals surface area contributed by atoms with Gasteiger partial charge in [0.2, 0.25) is 0 Å². The third kappa shape index (κ3) is 5.68. The molecule has 0 spiro atoms. The van der Waals surface area contributed by atoms with E-state index in [0.717, 1.165) is 5.56 Å². The average Bonchev–Trinajstić information content (AvgIpc) is 2.59. The maximum Gasteiger partial charge on any atom is 0.267 e. The predicted molar refractivity (Wildman–Crippen MR) is 102 cm³/mol. The molecule has 1 amide bonds. The van der Waals surface area contributed by atoms with Crippen molar-refractivity contribution in [2.24, 2.45) is 0 Å². The first-order valence-corrected chi connectivity index (χ1v) is 8.48. The minimum absolute atomic E-state index is 0.0507. The standard InChI is InChI=1S/C18H14Cl3N3O/c19-15-4-2-1-3-12(15)7-8-23-11-13(10-22)18(25)24-14-5-6-16(20)17(21)9-14/h1-6,9,11,23H,7-8H2,(H,24,25)/b13-11-. The molecule has 7 heteroatoms. The summed E-state index contributed by atoms with van der Waals surface area (Å²) in [5.74, 6) is -0.536. The van der Waals surface area contributed by atoms with Crippen LogP contribution in [0.3, 0.4) is 0 Å². The lowest BCUT2D eigenvalue weighted by Gasteiger charge is -2.07. The highest BCUT2D eigenvalue weighted by molar-refractivity contribution is 6.42. The van der Waals surface area contributed by atoms with Gasteiger partial charge >= 0.3 is 0 Å². The molecule has 0 unspecified atom stereocenters. The van der Waals surface area contributed by atoms with Crippen LogP contribution in [0.15, 0.2) is 54.2 Å². The molecule has 0 aliphatic carbocycles. The number of carbonyl (C=O) groups is 1. The van der Waals surface area contributed by atoms with Crippen molar-refractivity contribution in [1.29, 1.82) is 5.26 Å². The number of nitrogens with one attached hydrogen (secondary N) is 2. The number of anilines is 1. The van der Waals surface area contributed by atoms with Gasteiger partial charge in [-0.05, 0) is 36.2 Å². The molecular formula is C18H14Cl3N3O. The van der Waals surface area contributed by atoms with Gasteiger partial charge in [-0.3, -0.25) is 4.79 Å². The van der Waals surface area contributed by atoms with E-state index in [-0.39, 0.29) is 5.57 Å². The van der Waals surface area contributed by atoms with Crippen LogP contribution in [0.4, 0.5) is 5.69 Å². The second-order valence-corrected chi connectivity index (χ2v) is 6.27. The molecule has 0 bridgehead atoms. The summed E-state index contributed by atoms with van der Waals surface area (Å²) < 4.78 is 0. The van der Waals surface area contributed by atoms with Crippen molar-refractivity contribution in [3.05, 3.63) is 74.9 Å². The van der Waals surface area contributed by atoms with Gasteiger partial charge in [-0.1, -0.05) is 53.0 Å². The van der Waals surface area contributed by atoms with Crippen LogP contribution >= 0.6 is 34.8 Å². The molecular weight excluding hydrogens is 381 g/mol. The van der Waals surface area contributed by atoms with Crippen LogP contribution in [0.5, 0.6) is 0 Å². The maximum absolute atomic E-state index is 12.1. The highest BCUT2D eigenvalue weighted by atomic mass is 35.5. The zero-order valence-corrected chi connectivity index (χ0v) is 15.3. The Labute approximate surface area is 161 Å². The largest absolute Gasteiger partial charge is 0.389 e. The van der Waals surface area contributed by atoms with Gasteiger partial charge in [0, 0.05) is 23.5 Å². The number of hydrogen-bond donors (Lipinski definition) is 2. The Morgan fingerprint density at radius 1 is 1.08 bits per heavy atom. The number of hydrogen-bond acceptors (Lipinski definition) is 3. The molecule has 2 rings (SSSR count). The van der Waals surface area contributed by atoms with Crippen molar-refractivity contribution in [2.45, 2.75) is 6.42 Å². The number of halogens is 3. The van der Waals surface area contributed by atoms with Crippen molar-refractivity contribution < 1.29 is 4.79 Å². The van der Waals surface area contributed by atoms with Crippen molar-refractivity contribution in [3.63, 3.8) is 0 Å². The normalized spacial score (nSPS) is 10.9. The van der Waals surface area contributed by atoms with Crippen molar-refractivity contribution >= 4 is 46.4 Å². The fraction of sp³-hybridized carbons (Fsp3) is 0.111. The summed E-state index contributed by atoms with van der Waals surface area (Å²) >= 11 is 17.8. The summed E-state index contributed by atoms with van der Waals surface area (Å²) in [4.78, 5) is 12.1. The van der Waals surface area contributed by atoms with E-state index in [4.69, 9.17) is 40.1 Å². The number of rotatable bonds is 6. The highest BCUT2D eigenvalue weighted by Gasteiger charge is 2.10. The summed E-state index contributed by atoms with van der Waals surface area (Å²) in [6, 6.07) is 14.1. The van der Waals surface area contributed by atoms with Crippen LogP contribution in [0, 0.1) is 11.3 Å². The Morgan fingerprint density at radius 3 is 2.52 bits per heavy atom. The predicted octanol–water partition coefficient (Wildman–Crippen LogP) is 4.83. The maximum atomic E-state index is 12.1. The first-order chi connectivity index (χ1) is 12.0. The smallest absolute Gasteiger partial charge is 0.267 e. The third-order valence-corrected chi connectivity index (χ3v) is 4.39. The Hall–Kier alpha value is -2.19. The topological polar surface area (TPSA) is 64.9 Å². The number of nitrogens with zero attached hydrogens (tertiary/aromatic N) is 1. The zero-order valence-electron chi connectivity index (χ0n) is 13.0. The summed E-state index contributed by atoms with van der Waals surface area (Å²) in [5.41, 5.74) is 1.39. The molecule has 0 radical (unpaired) electrons. The van der Waals surface area contributed by atoms with Gasteiger partial charge in [-0.2, -0.15) is 5.26 Å². The van der Waals surface area contributed by atoms with Crippen LogP contribution in [0.25, 0.3) is 0 Å². The minimum atomic E-state index is -0.536. The molecule has 0 aliphatic rings. The van der Waals surface area contributed by atoms with E-state index in [0.29, 0.717) is 33.7 Å². The van der Waals surface area contributed by atoms with Crippen molar-refractivity contribution in [3.8, 4) is 6.07 Å². The van der Waals surface area contributed by atoms with Gasteiger partial charge in [0.1, 0.15) is 11.6 Å². The molecule has 2 aromatic carbocycles. The van der Waals surface area contributed by atoms with Gasteiger partial charge in [0.05, 0.1) is 10.0 Å². The fourth-order valence-electron chi connectivity index (χ4n) is 2.00. The van der Waals surface area contributed by atoms with Crippen LogP contribution in [0.2, 0.25) is 15.1 Å². The van der Waals surface area contributed by atoms with Crippen LogP contribution < -0.4 is 10.6 Å². The fourth-order valence-corrected chi connectivity index (χ4v) is 2.53. The molecule has 0 aliphatic heterocycles. The lowest BCUT2D eigenvalue weighted by atomic mass is 10.1. The van der Waals surface area contributed by atoms with Crippen molar-refractivity contribution in [2.75, 3.05) is 11.9 Å². The zero-order chi connectivity index (χ0) is 18.2. The molecule has 0 heterocycles. The van der Waals surface area contributed by atoms with Crippen molar-refractivity contribution in [1.82, 2.24) is 5.32 Å². The number of carbonyl (C=O) groups excluding carboxylic acids is 1. The van der Waals surface area contributed by atoms with E-state index < -0.39 is 5.91 Å². The van der Waals surface area contributed by atoms with E-state index in [1.165, 1.54) is 12.3 Å². The monoisotopic (exact) mass is 393 g/mol. The summed E-state index contributed by atoms with van der Waals surface area (Å²) in [6.07, 6.45) is 2.05. The number of amides is 1. The summed E-state index contributed by atoms with van der Waals surface area (Å²) in [7, 11) is 0. The van der Waals surface area contributed by atoms with Gasteiger partial charge < -0.3 is 10.6 Å². The molecule has 4 nitrogen and oxygen atoms in total. The molecule has 0 fully saturated rings. The first-order valence-electron chi connectivity index (χ1n) is 7.34. The van der Waals surface area contributed by atoms with Crippen LogP contribution in [0.1, 0.15) is 5.56 Å². The second kappa shape index (κ2) is 9.33. The average molecular weight is 395 g/mol. The molecule has 0 saturated heterocycles. The number of benzene rings is 2. The van der Waals surface area contributed by atoms with Crippen LogP contribution in [-0.2, 0) is 11.2 Å². The minimum Gasteiger partial charge on any atom is -0.389 e. The Bertz CT molecular complexity index is 844. The molecule has 2 N–H and O–H groups in total. The molecule has 0 saturated carbocycles. The lowest BCUT2D eigenvalue weighted by Crippen LogP contribution is -2.18. The van der Waals surface area contributed by atoms with Gasteiger partial charge in [0.15, 0.2) is 0 Å². The Kier molecular flexibility index (Phi) is 7.15. The lowest BCUT2D eigenvalue weighted by molar-refractivity contribution is -0.112. The van der Waals surface area contributed by atoms with Gasteiger partial charge in [-0.15, -0.1) is 0 Å². The van der Waals surface area contributed by atoms with Gasteiger partial charge in [-0.25, -0.2) is 0 Å². The van der Waals surface area contributed by atoms with E-state index in [1.54, 1.807) is 12.1 Å². The molecule has 0 aromatic heterocycles. The molecule has 0 atom stereocenters.